The minimum atomic E-state index is -4.29. The quantitative estimate of drug-likeness (QED) is 0.597. The van der Waals surface area contributed by atoms with Crippen LogP contribution in [-0.4, -0.2) is 76.1 Å². The van der Waals surface area contributed by atoms with E-state index < -0.39 is 11.7 Å². The Labute approximate surface area is 201 Å². The van der Waals surface area contributed by atoms with Crippen LogP contribution >= 0.6 is 11.8 Å². The molecule has 3 atom stereocenters. The summed E-state index contributed by atoms with van der Waals surface area (Å²) >= 11 is 1.83. The van der Waals surface area contributed by atoms with Crippen molar-refractivity contribution in [2.45, 2.75) is 30.6 Å². The van der Waals surface area contributed by atoms with Crippen LogP contribution in [0.4, 0.5) is 18.9 Å². The number of rotatable bonds is 7. The second kappa shape index (κ2) is 9.61. The molecule has 0 saturated carbocycles. The van der Waals surface area contributed by atoms with E-state index >= 15 is 0 Å². The van der Waals surface area contributed by atoms with E-state index in [0.29, 0.717) is 12.0 Å². The summed E-state index contributed by atoms with van der Waals surface area (Å²) < 4.78 is 38.7. The third kappa shape index (κ3) is 4.81. The molecule has 0 bridgehead atoms. The first-order chi connectivity index (χ1) is 16.4. The van der Waals surface area contributed by atoms with Crippen molar-refractivity contribution >= 4 is 23.3 Å². The highest BCUT2D eigenvalue weighted by Gasteiger charge is 2.41. The van der Waals surface area contributed by atoms with Crippen molar-refractivity contribution in [1.29, 1.82) is 0 Å². The molecule has 1 N–H and O–H groups in total. The first kappa shape index (κ1) is 23.2. The van der Waals surface area contributed by atoms with Crippen molar-refractivity contribution in [2.75, 3.05) is 43.9 Å². The van der Waals surface area contributed by atoms with E-state index in [2.05, 4.69) is 35.2 Å². The van der Waals surface area contributed by atoms with E-state index in [1.165, 1.54) is 18.5 Å². The van der Waals surface area contributed by atoms with E-state index in [-0.39, 0.29) is 5.50 Å². The van der Waals surface area contributed by atoms with Gasteiger partial charge in [0.25, 0.3) is 0 Å². The Balaban J connectivity index is 1.07. The van der Waals surface area contributed by atoms with Gasteiger partial charge >= 0.3 is 6.18 Å². The average molecular weight is 492 g/mol. The van der Waals surface area contributed by atoms with Crippen molar-refractivity contribution < 1.29 is 13.2 Å². The maximum atomic E-state index is 12.9. The van der Waals surface area contributed by atoms with Crippen LogP contribution in [0.5, 0.6) is 0 Å². The number of hydrogen-bond acceptors (Lipinski definition) is 8. The molecule has 1 aromatic carbocycles. The lowest BCUT2D eigenvalue weighted by Crippen LogP contribution is -2.36. The van der Waals surface area contributed by atoms with E-state index in [0.717, 1.165) is 61.9 Å². The molecule has 2 aromatic rings. The minimum absolute atomic E-state index is 0.0864. The molecule has 182 valence electrons. The van der Waals surface area contributed by atoms with Gasteiger partial charge in [0.1, 0.15) is 6.33 Å². The number of hydrogen-bond donors (Lipinski definition) is 1. The molecule has 0 radical (unpaired) electrons. The van der Waals surface area contributed by atoms with Crippen molar-refractivity contribution in [3.05, 3.63) is 54.1 Å². The van der Waals surface area contributed by atoms with Crippen LogP contribution in [0, 0.1) is 5.92 Å². The Bertz CT molecular complexity index is 1000. The molecule has 1 aromatic heterocycles. The van der Waals surface area contributed by atoms with E-state index in [1.807, 2.05) is 18.8 Å². The standard InChI is InChI=1S/C23H28F3N7S/c1-31-21(17-11-27-15-28-12-17)29-30-22(31)34-10-2-8-32-13-16-7-9-33(20(16)14-32)19-5-3-18(4-6-19)23(24,25)26/h3-6,11-12,15-16,20,22,30H,2,7-10,13-14H2,1H3. The van der Waals surface area contributed by atoms with Crippen LogP contribution in [0.2, 0.25) is 0 Å². The smallest absolute Gasteiger partial charge is 0.367 e. The fourth-order valence-electron chi connectivity index (χ4n) is 5.10. The van der Waals surface area contributed by atoms with Crippen LogP contribution in [0.15, 0.2) is 48.1 Å². The summed E-state index contributed by atoms with van der Waals surface area (Å²) in [6.45, 7) is 3.98. The van der Waals surface area contributed by atoms with Crippen LogP contribution in [0.1, 0.15) is 24.0 Å². The van der Waals surface area contributed by atoms with Crippen molar-refractivity contribution in [3.63, 3.8) is 0 Å². The fraction of sp³-hybridized carbons (Fsp3) is 0.522. The van der Waals surface area contributed by atoms with Crippen LogP contribution in [0.3, 0.4) is 0 Å². The molecule has 5 rings (SSSR count). The van der Waals surface area contributed by atoms with E-state index in [1.54, 1.807) is 24.5 Å². The molecule has 3 unspecified atom stereocenters. The van der Waals surface area contributed by atoms with Gasteiger partial charge in [-0.15, -0.1) is 11.8 Å². The maximum absolute atomic E-state index is 12.9. The Morgan fingerprint density at radius 3 is 2.62 bits per heavy atom. The van der Waals surface area contributed by atoms with Crippen molar-refractivity contribution in [3.8, 4) is 0 Å². The maximum Gasteiger partial charge on any atom is 0.416 e. The Morgan fingerprint density at radius 1 is 1.12 bits per heavy atom. The molecule has 3 aliphatic rings. The molecule has 11 heteroatoms. The first-order valence-corrected chi connectivity index (χ1v) is 12.5. The Hall–Kier alpha value is -2.53. The highest BCUT2D eigenvalue weighted by atomic mass is 32.2. The first-order valence-electron chi connectivity index (χ1n) is 11.5. The second-order valence-electron chi connectivity index (χ2n) is 8.99. The number of likely N-dealkylation sites (tertiary alicyclic amines) is 1. The lowest BCUT2D eigenvalue weighted by atomic mass is 10.0. The average Bonchev–Trinajstić information content (AvgIpc) is 3.51. The topological polar surface area (TPSA) is 59.9 Å². The van der Waals surface area contributed by atoms with Gasteiger partial charge < -0.3 is 14.7 Å². The van der Waals surface area contributed by atoms with E-state index in [4.69, 9.17) is 0 Å². The predicted octanol–water partition coefficient (Wildman–Crippen LogP) is 3.31. The summed E-state index contributed by atoms with van der Waals surface area (Å²) in [7, 11) is 2.01. The number of nitrogens with zero attached hydrogens (tertiary/aromatic N) is 6. The van der Waals surface area contributed by atoms with Gasteiger partial charge in [-0.3, -0.25) is 5.43 Å². The van der Waals surface area contributed by atoms with Crippen LogP contribution in [0.25, 0.3) is 0 Å². The number of amidine groups is 1. The highest BCUT2D eigenvalue weighted by Crippen LogP contribution is 2.37. The number of nitrogens with one attached hydrogen (secondary N) is 1. The van der Waals surface area contributed by atoms with Gasteiger partial charge in [0.15, 0.2) is 11.3 Å². The van der Waals surface area contributed by atoms with Gasteiger partial charge in [0, 0.05) is 50.8 Å². The van der Waals surface area contributed by atoms with Gasteiger partial charge in [-0.05, 0) is 55.3 Å². The second-order valence-corrected chi connectivity index (χ2v) is 10.2. The summed E-state index contributed by atoms with van der Waals surface area (Å²) in [4.78, 5) is 15.0. The third-order valence-corrected chi connectivity index (χ3v) is 8.09. The number of alkyl halides is 3. The van der Waals surface area contributed by atoms with Gasteiger partial charge in [0.05, 0.1) is 11.1 Å². The largest absolute Gasteiger partial charge is 0.416 e. The van der Waals surface area contributed by atoms with Gasteiger partial charge in [-0.25, -0.2) is 9.97 Å². The van der Waals surface area contributed by atoms with Crippen LogP contribution in [-0.2, 0) is 6.18 Å². The molecule has 3 aliphatic heterocycles. The van der Waals surface area contributed by atoms with E-state index in [9.17, 15) is 13.2 Å². The van der Waals surface area contributed by atoms with Crippen molar-refractivity contribution in [1.82, 2.24) is 25.2 Å². The molecular weight excluding hydrogens is 463 g/mol. The number of aromatic nitrogens is 2. The SMILES string of the molecule is CN1C(c2cncnc2)=NNC1SCCCN1CC2CCN(c3ccc(C(F)(F)F)cc3)C2C1. The summed E-state index contributed by atoms with van der Waals surface area (Å²) in [5.41, 5.74) is 4.47. The lowest BCUT2D eigenvalue weighted by Gasteiger charge is -2.27. The zero-order chi connectivity index (χ0) is 23.7. The fourth-order valence-corrected chi connectivity index (χ4v) is 6.07. The molecular formula is C23H28F3N7S. The predicted molar refractivity (Wildman–Crippen MR) is 127 cm³/mol. The number of thioether (sulfide) groups is 1. The minimum Gasteiger partial charge on any atom is -0.367 e. The zero-order valence-electron chi connectivity index (χ0n) is 18.9. The molecule has 34 heavy (non-hydrogen) atoms. The molecule has 0 amide bonds. The Morgan fingerprint density at radius 2 is 1.88 bits per heavy atom. The van der Waals surface area contributed by atoms with Gasteiger partial charge in [-0.2, -0.15) is 18.3 Å². The summed E-state index contributed by atoms with van der Waals surface area (Å²) in [6, 6.07) is 6.01. The van der Waals surface area contributed by atoms with Crippen LogP contribution < -0.4 is 10.3 Å². The molecule has 7 nitrogen and oxygen atoms in total. The molecule has 2 fully saturated rings. The summed E-state index contributed by atoms with van der Waals surface area (Å²) in [6.07, 6.45) is 2.90. The highest BCUT2D eigenvalue weighted by molar-refractivity contribution is 7.99. The number of benzene rings is 1. The molecule has 0 spiro atoms. The Kier molecular flexibility index (Phi) is 6.57. The normalized spacial score (nSPS) is 24.9. The number of anilines is 1. The molecule has 2 saturated heterocycles. The van der Waals surface area contributed by atoms with Crippen molar-refractivity contribution in [2.24, 2.45) is 11.0 Å². The molecule has 4 heterocycles. The number of hydrazone groups is 1. The molecule has 0 aliphatic carbocycles. The summed E-state index contributed by atoms with van der Waals surface area (Å²) in [5.74, 6) is 2.43. The third-order valence-electron chi connectivity index (χ3n) is 6.83. The zero-order valence-corrected chi connectivity index (χ0v) is 19.8. The number of halogens is 3. The van der Waals surface area contributed by atoms with Gasteiger partial charge in [0.2, 0.25) is 0 Å². The monoisotopic (exact) mass is 491 g/mol. The van der Waals surface area contributed by atoms with Gasteiger partial charge in [-0.1, -0.05) is 0 Å². The lowest BCUT2D eigenvalue weighted by molar-refractivity contribution is -0.137. The summed E-state index contributed by atoms with van der Waals surface area (Å²) in [5, 5.41) is 4.43. The number of fused-ring (bicyclic) bond motifs is 1.